The Morgan fingerprint density at radius 1 is 1.11 bits per heavy atom. The number of hydrogen-bond donors (Lipinski definition) is 1. The van der Waals surface area contributed by atoms with Crippen molar-refractivity contribution in [2.45, 2.75) is 6.92 Å². The molecule has 0 aliphatic heterocycles. The first-order valence-corrected chi connectivity index (χ1v) is 6.07. The molecule has 2 heterocycles. The lowest BCUT2D eigenvalue weighted by Gasteiger charge is -2.03. The molecule has 0 aliphatic carbocycles. The van der Waals surface area contributed by atoms with Crippen molar-refractivity contribution in [2.24, 2.45) is 0 Å². The Balaban J connectivity index is 2.06. The molecule has 2 N–H and O–H groups in total. The number of aromatic nitrogens is 3. The average Bonchev–Trinajstić information content (AvgIpc) is 2.89. The van der Waals surface area contributed by atoms with Crippen LogP contribution in [0.25, 0.3) is 16.9 Å². The van der Waals surface area contributed by atoms with Gasteiger partial charge in [0, 0.05) is 29.2 Å². The number of anilines is 1. The van der Waals surface area contributed by atoms with Crippen LogP contribution in [0, 0.1) is 6.92 Å². The van der Waals surface area contributed by atoms with Crippen LogP contribution in [0.2, 0.25) is 0 Å². The zero-order valence-corrected chi connectivity index (χ0v) is 10.6. The first-order chi connectivity index (χ1) is 9.25. The van der Waals surface area contributed by atoms with Crippen molar-refractivity contribution in [3.8, 4) is 16.9 Å². The summed E-state index contributed by atoms with van der Waals surface area (Å²) in [6.45, 7) is 2.01. The van der Waals surface area contributed by atoms with Crippen LogP contribution >= 0.6 is 0 Å². The molecule has 0 unspecified atom stereocenters. The number of hydrogen-bond acceptors (Lipinski definition) is 3. The molecule has 19 heavy (non-hydrogen) atoms. The highest BCUT2D eigenvalue weighted by molar-refractivity contribution is 5.75. The van der Waals surface area contributed by atoms with Gasteiger partial charge in [-0.15, -0.1) is 0 Å². The molecule has 94 valence electrons. The van der Waals surface area contributed by atoms with E-state index >= 15 is 0 Å². The first kappa shape index (κ1) is 11.5. The lowest BCUT2D eigenvalue weighted by atomic mass is 10.1. The topological polar surface area (TPSA) is 56.7 Å². The van der Waals surface area contributed by atoms with Crippen LogP contribution in [0.4, 0.5) is 5.69 Å². The van der Waals surface area contributed by atoms with E-state index in [2.05, 4.69) is 10.1 Å². The highest BCUT2D eigenvalue weighted by Crippen LogP contribution is 2.25. The molecule has 3 rings (SSSR count). The second-order valence-electron chi connectivity index (χ2n) is 4.40. The van der Waals surface area contributed by atoms with E-state index in [-0.39, 0.29) is 0 Å². The maximum absolute atomic E-state index is 5.98. The normalized spacial score (nSPS) is 10.6. The molecule has 4 heteroatoms. The third kappa shape index (κ3) is 2.08. The van der Waals surface area contributed by atoms with Gasteiger partial charge in [0.25, 0.3) is 0 Å². The van der Waals surface area contributed by atoms with Crippen LogP contribution in [0.1, 0.15) is 5.56 Å². The second-order valence-corrected chi connectivity index (χ2v) is 4.40. The van der Waals surface area contributed by atoms with E-state index < -0.39 is 0 Å². The molecule has 0 amide bonds. The Hall–Kier alpha value is -2.62. The number of rotatable bonds is 2. The number of benzene rings is 1. The molecular weight excluding hydrogens is 236 g/mol. The Labute approximate surface area is 111 Å². The number of aryl methyl sites for hydroxylation is 1. The fraction of sp³-hybridized carbons (Fsp3) is 0.0667. The minimum absolute atomic E-state index is 0.750. The summed E-state index contributed by atoms with van der Waals surface area (Å²) in [5.74, 6) is 0.836. The molecular formula is C15H14N4. The largest absolute Gasteiger partial charge is 0.398 e. The van der Waals surface area contributed by atoms with E-state index in [1.807, 2.05) is 49.5 Å². The van der Waals surface area contributed by atoms with Gasteiger partial charge >= 0.3 is 0 Å². The van der Waals surface area contributed by atoms with Crippen molar-refractivity contribution < 1.29 is 0 Å². The van der Waals surface area contributed by atoms with E-state index in [4.69, 9.17) is 5.73 Å². The van der Waals surface area contributed by atoms with Crippen molar-refractivity contribution in [2.75, 3.05) is 5.73 Å². The van der Waals surface area contributed by atoms with Crippen molar-refractivity contribution in [1.82, 2.24) is 14.8 Å². The number of para-hydroxylation sites is 1. The van der Waals surface area contributed by atoms with Gasteiger partial charge in [0.05, 0.1) is 6.20 Å². The predicted octanol–water partition coefficient (Wildman–Crippen LogP) is 2.82. The summed E-state index contributed by atoms with van der Waals surface area (Å²) in [7, 11) is 0. The highest BCUT2D eigenvalue weighted by Gasteiger charge is 2.07. The molecule has 0 saturated carbocycles. The maximum atomic E-state index is 5.98. The quantitative estimate of drug-likeness (QED) is 0.711. The minimum Gasteiger partial charge on any atom is -0.398 e. The summed E-state index contributed by atoms with van der Waals surface area (Å²) in [5, 5.41) is 4.36. The van der Waals surface area contributed by atoms with E-state index in [0.717, 1.165) is 28.2 Å². The van der Waals surface area contributed by atoms with Crippen LogP contribution in [0.15, 0.2) is 55.0 Å². The third-order valence-corrected chi connectivity index (χ3v) is 3.05. The van der Waals surface area contributed by atoms with Gasteiger partial charge in [-0.25, -0.2) is 9.67 Å². The molecule has 0 aliphatic rings. The fourth-order valence-corrected chi connectivity index (χ4v) is 2.05. The Bertz CT molecular complexity index is 655. The minimum atomic E-state index is 0.750. The van der Waals surface area contributed by atoms with Crippen LogP contribution in [-0.2, 0) is 0 Å². The Kier molecular flexibility index (Phi) is 2.76. The zero-order valence-electron chi connectivity index (χ0n) is 10.6. The number of pyridine rings is 1. The fourth-order valence-electron chi connectivity index (χ4n) is 2.05. The van der Waals surface area contributed by atoms with Crippen molar-refractivity contribution >= 4 is 5.69 Å². The summed E-state index contributed by atoms with van der Waals surface area (Å²) >= 11 is 0. The standard InChI is InChI=1S/C15H14N4/c1-11-5-4-8-17-15(11)19-10-12(9-18-19)13-6-2-3-7-14(13)16/h2-10H,16H2,1H3. The van der Waals surface area contributed by atoms with E-state index in [0.29, 0.717) is 0 Å². The van der Waals surface area contributed by atoms with Gasteiger partial charge in [-0.2, -0.15) is 5.10 Å². The maximum Gasteiger partial charge on any atom is 0.156 e. The number of nitrogen functional groups attached to an aromatic ring is 1. The van der Waals surface area contributed by atoms with Crippen LogP contribution < -0.4 is 5.73 Å². The van der Waals surface area contributed by atoms with Gasteiger partial charge < -0.3 is 5.73 Å². The van der Waals surface area contributed by atoms with Crippen LogP contribution in [0.5, 0.6) is 0 Å². The molecule has 1 aromatic carbocycles. The molecule has 4 nitrogen and oxygen atoms in total. The SMILES string of the molecule is Cc1cccnc1-n1cc(-c2ccccc2N)cn1. The van der Waals surface area contributed by atoms with Crippen molar-refractivity contribution in [1.29, 1.82) is 0 Å². The summed E-state index contributed by atoms with van der Waals surface area (Å²) in [5.41, 5.74) is 9.79. The van der Waals surface area contributed by atoms with Crippen LogP contribution in [-0.4, -0.2) is 14.8 Å². The van der Waals surface area contributed by atoms with Gasteiger partial charge in [-0.3, -0.25) is 0 Å². The van der Waals surface area contributed by atoms with E-state index in [1.165, 1.54) is 0 Å². The lowest BCUT2D eigenvalue weighted by Crippen LogP contribution is -1.99. The second kappa shape index (κ2) is 4.57. The highest BCUT2D eigenvalue weighted by atomic mass is 15.3. The molecule has 0 fully saturated rings. The molecule has 2 aromatic heterocycles. The van der Waals surface area contributed by atoms with Gasteiger partial charge in [0.1, 0.15) is 0 Å². The summed E-state index contributed by atoms with van der Waals surface area (Å²) < 4.78 is 1.77. The van der Waals surface area contributed by atoms with Crippen molar-refractivity contribution in [3.63, 3.8) is 0 Å². The molecule has 0 bridgehead atoms. The van der Waals surface area contributed by atoms with Gasteiger partial charge in [-0.05, 0) is 24.6 Å². The van der Waals surface area contributed by atoms with Crippen molar-refractivity contribution in [3.05, 3.63) is 60.6 Å². The summed E-state index contributed by atoms with van der Waals surface area (Å²) in [6, 6.07) is 11.7. The smallest absolute Gasteiger partial charge is 0.156 e. The summed E-state index contributed by atoms with van der Waals surface area (Å²) in [6.07, 6.45) is 5.52. The van der Waals surface area contributed by atoms with Crippen LogP contribution in [0.3, 0.4) is 0 Å². The van der Waals surface area contributed by atoms with Gasteiger partial charge in [0.2, 0.25) is 0 Å². The molecule has 0 radical (unpaired) electrons. The number of nitrogens with zero attached hydrogens (tertiary/aromatic N) is 3. The Morgan fingerprint density at radius 2 is 1.95 bits per heavy atom. The van der Waals surface area contributed by atoms with E-state index in [9.17, 15) is 0 Å². The molecule has 0 atom stereocenters. The monoisotopic (exact) mass is 250 g/mol. The third-order valence-electron chi connectivity index (χ3n) is 3.05. The summed E-state index contributed by atoms with van der Waals surface area (Å²) in [4.78, 5) is 4.35. The van der Waals surface area contributed by atoms with Gasteiger partial charge in [-0.1, -0.05) is 24.3 Å². The molecule has 0 spiro atoms. The predicted molar refractivity (Wildman–Crippen MR) is 75.9 cm³/mol. The Morgan fingerprint density at radius 3 is 2.74 bits per heavy atom. The lowest BCUT2D eigenvalue weighted by molar-refractivity contribution is 0.838. The number of nitrogens with two attached hydrogens (primary N) is 1. The first-order valence-electron chi connectivity index (χ1n) is 6.07. The molecule has 3 aromatic rings. The zero-order chi connectivity index (χ0) is 13.2. The van der Waals surface area contributed by atoms with E-state index in [1.54, 1.807) is 17.1 Å². The van der Waals surface area contributed by atoms with Gasteiger partial charge in [0.15, 0.2) is 5.82 Å². The molecule has 0 saturated heterocycles. The average molecular weight is 250 g/mol.